The van der Waals surface area contributed by atoms with Crippen molar-refractivity contribution in [3.05, 3.63) is 64.2 Å². The van der Waals surface area contributed by atoms with E-state index in [1.165, 1.54) is 0 Å². The summed E-state index contributed by atoms with van der Waals surface area (Å²) in [5, 5.41) is 1.28. The van der Waals surface area contributed by atoms with Crippen LogP contribution >= 0.6 is 11.6 Å². The molecule has 6 heteroatoms. The molecule has 5 nitrogen and oxygen atoms in total. The van der Waals surface area contributed by atoms with Gasteiger partial charge >= 0.3 is 0 Å². The molecule has 122 valence electrons. The van der Waals surface area contributed by atoms with Gasteiger partial charge < -0.3 is 14.9 Å². The Bertz CT molecular complexity index is 1010. The summed E-state index contributed by atoms with van der Waals surface area (Å²) in [5.41, 5.74) is 7.66. The smallest absolute Gasteiger partial charge is 0.254 e. The molecular weight excluding hydrogens is 328 g/mol. The lowest BCUT2D eigenvalue weighted by Gasteiger charge is -2.07. The van der Waals surface area contributed by atoms with Crippen molar-refractivity contribution in [2.24, 2.45) is 10.7 Å². The molecule has 0 aliphatic carbocycles. The number of rotatable bonds is 3. The van der Waals surface area contributed by atoms with E-state index in [9.17, 15) is 4.79 Å². The first-order valence-electron chi connectivity index (χ1n) is 7.21. The van der Waals surface area contributed by atoms with E-state index in [1.54, 1.807) is 43.5 Å². The van der Waals surface area contributed by atoms with Crippen LogP contribution in [0.25, 0.3) is 11.0 Å². The van der Waals surface area contributed by atoms with Gasteiger partial charge in [0.1, 0.15) is 5.56 Å². The van der Waals surface area contributed by atoms with Crippen molar-refractivity contribution in [2.45, 2.75) is 6.92 Å². The Labute approximate surface area is 143 Å². The molecule has 0 aliphatic heterocycles. The SMILES string of the molecule is COc1cccc2cc(C(N)=O)c(=Nc3cccc(Cl)c3C)oc12. The number of hydrogen-bond donors (Lipinski definition) is 1. The van der Waals surface area contributed by atoms with Crippen molar-refractivity contribution >= 4 is 34.2 Å². The van der Waals surface area contributed by atoms with Gasteiger partial charge in [-0.3, -0.25) is 4.79 Å². The molecule has 0 saturated carbocycles. The monoisotopic (exact) mass is 342 g/mol. The average Bonchev–Trinajstić information content (AvgIpc) is 2.57. The van der Waals surface area contributed by atoms with E-state index in [0.29, 0.717) is 27.4 Å². The first kappa shape index (κ1) is 16.1. The lowest BCUT2D eigenvalue weighted by molar-refractivity contribution is 0.0996. The molecule has 0 spiro atoms. The Hall–Kier alpha value is -2.79. The third kappa shape index (κ3) is 2.86. The van der Waals surface area contributed by atoms with Gasteiger partial charge in [-0.15, -0.1) is 0 Å². The molecule has 3 aromatic rings. The third-order valence-corrected chi connectivity index (χ3v) is 4.09. The van der Waals surface area contributed by atoms with E-state index in [-0.39, 0.29) is 11.1 Å². The molecule has 0 saturated heterocycles. The van der Waals surface area contributed by atoms with Crippen LogP contribution in [0.1, 0.15) is 15.9 Å². The number of ether oxygens (including phenoxy) is 1. The van der Waals surface area contributed by atoms with E-state index in [0.717, 1.165) is 5.56 Å². The normalized spacial score (nSPS) is 11.7. The van der Waals surface area contributed by atoms with Crippen LogP contribution in [0.2, 0.25) is 5.02 Å². The number of nitrogens with zero attached hydrogens (tertiary/aromatic N) is 1. The second kappa shape index (κ2) is 6.37. The molecule has 1 aromatic heterocycles. The molecule has 0 bridgehead atoms. The molecule has 2 aromatic carbocycles. The second-order valence-corrected chi connectivity index (χ2v) is 5.61. The molecule has 0 aliphatic rings. The zero-order valence-electron chi connectivity index (χ0n) is 13.2. The van der Waals surface area contributed by atoms with Gasteiger partial charge in [-0.25, -0.2) is 4.99 Å². The minimum atomic E-state index is -0.623. The number of benzene rings is 2. The summed E-state index contributed by atoms with van der Waals surface area (Å²) in [5.74, 6) is -0.0790. The van der Waals surface area contributed by atoms with Gasteiger partial charge in [0.05, 0.1) is 12.8 Å². The maximum Gasteiger partial charge on any atom is 0.254 e. The van der Waals surface area contributed by atoms with Gasteiger partial charge in [-0.1, -0.05) is 29.8 Å². The lowest BCUT2D eigenvalue weighted by Crippen LogP contribution is -2.21. The van der Waals surface area contributed by atoms with E-state index >= 15 is 0 Å². The number of nitrogens with two attached hydrogens (primary N) is 1. The number of methoxy groups -OCH3 is 1. The fourth-order valence-electron chi connectivity index (χ4n) is 2.37. The van der Waals surface area contributed by atoms with Gasteiger partial charge in [0.15, 0.2) is 11.3 Å². The quantitative estimate of drug-likeness (QED) is 0.787. The Kier molecular flexibility index (Phi) is 4.27. The number of carbonyl (C=O) groups excluding carboxylic acids is 1. The minimum absolute atomic E-state index is 0.116. The predicted octanol–water partition coefficient (Wildman–Crippen LogP) is 3.73. The summed E-state index contributed by atoms with van der Waals surface area (Å²) < 4.78 is 11.1. The molecule has 0 unspecified atom stereocenters. The van der Waals surface area contributed by atoms with Crippen LogP contribution in [0.4, 0.5) is 5.69 Å². The summed E-state index contributed by atoms with van der Waals surface area (Å²) in [6, 6.07) is 12.4. The summed E-state index contributed by atoms with van der Waals surface area (Å²) in [7, 11) is 1.55. The first-order valence-corrected chi connectivity index (χ1v) is 7.59. The Morgan fingerprint density at radius 3 is 2.71 bits per heavy atom. The third-order valence-electron chi connectivity index (χ3n) is 3.68. The molecule has 1 heterocycles. The van der Waals surface area contributed by atoms with Gasteiger partial charge in [-0.2, -0.15) is 0 Å². The number of amides is 1. The zero-order valence-corrected chi connectivity index (χ0v) is 13.9. The summed E-state index contributed by atoms with van der Waals surface area (Å²) in [6.07, 6.45) is 0. The minimum Gasteiger partial charge on any atom is -0.493 e. The second-order valence-electron chi connectivity index (χ2n) is 5.20. The molecule has 0 fully saturated rings. The summed E-state index contributed by atoms with van der Waals surface area (Å²) in [6.45, 7) is 1.84. The van der Waals surface area contributed by atoms with Gasteiger partial charge in [0, 0.05) is 10.4 Å². The fraction of sp³-hybridized carbons (Fsp3) is 0.111. The van der Waals surface area contributed by atoms with Crippen LogP contribution < -0.4 is 16.0 Å². The van der Waals surface area contributed by atoms with E-state index in [4.69, 9.17) is 26.5 Å². The van der Waals surface area contributed by atoms with Crippen molar-refractivity contribution < 1.29 is 13.9 Å². The molecule has 0 radical (unpaired) electrons. The summed E-state index contributed by atoms with van der Waals surface area (Å²) >= 11 is 6.12. The number of fused-ring (bicyclic) bond motifs is 1. The maximum absolute atomic E-state index is 11.8. The maximum atomic E-state index is 11.8. The van der Waals surface area contributed by atoms with Crippen LogP contribution in [-0.4, -0.2) is 13.0 Å². The van der Waals surface area contributed by atoms with Crippen LogP contribution in [-0.2, 0) is 0 Å². The molecule has 0 atom stereocenters. The predicted molar refractivity (Wildman–Crippen MR) is 92.7 cm³/mol. The fourth-order valence-corrected chi connectivity index (χ4v) is 2.54. The van der Waals surface area contributed by atoms with Crippen molar-refractivity contribution in [1.29, 1.82) is 0 Å². The van der Waals surface area contributed by atoms with Crippen molar-refractivity contribution in [1.82, 2.24) is 0 Å². The van der Waals surface area contributed by atoms with Crippen LogP contribution in [0, 0.1) is 6.92 Å². The van der Waals surface area contributed by atoms with Crippen LogP contribution in [0.3, 0.4) is 0 Å². The Morgan fingerprint density at radius 1 is 1.25 bits per heavy atom. The number of halogens is 1. The van der Waals surface area contributed by atoms with Crippen LogP contribution in [0.5, 0.6) is 5.75 Å². The molecule has 24 heavy (non-hydrogen) atoms. The highest BCUT2D eigenvalue weighted by molar-refractivity contribution is 6.31. The van der Waals surface area contributed by atoms with Crippen molar-refractivity contribution in [3.63, 3.8) is 0 Å². The highest BCUT2D eigenvalue weighted by Gasteiger charge is 2.12. The first-order chi connectivity index (χ1) is 11.5. The number of primary amides is 1. The Balaban J connectivity index is 2.36. The molecule has 1 amide bonds. The van der Waals surface area contributed by atoms with Gasteiger partial charge in [0.2, 0.25) is 5.55 Å². The zero-order chi connectivity index (χ0) is 17.3. The number of hydrogen-bond acceptors (Lipinski definition) is 4. The highest BCUT2D eigenvalue weighted by atomic mass is 35.5. The van der Waals surface area contributed by atoms with Crippen molar-refractivity contribution in [2.75, 3.05) is 7.11 Å². The standard InChI is InChI=1S/C18H15ClN2O3/c1-10-13(19)6-4-7-14(10)21-18-12(17(20)22)9-11-5-3-8-15(23-2)16(11)24-18/h3-9H,1-2H3,(H2,20,22). The molecule has 3 rings (SSSR count). The number of para-hydroxylation sites is 1. The number of carbonyl (C=O) groups is 1. The topological polar surface area (TPSA) is 77.8 Å². The molecule has 2 N–H and O–H groups in total. The van der Waals surface area contributed by atoms with Gasteiger partial charge in [0.25, 0.3) is 5.91 Å². The molecular formula is C18H15ClN2O3. The van der Waals surface area contributed by atoms with E-state index in [1.807, 2.05) is 13.0 Å². The summed E-state index contributed by atoms with van der Waals surface area (Å²) in [4.78, 5) is 16.2. The highest BCUT2D eigenvalue weighted by Crippen LogP contribution is 2.27. The Morgan fingerprint density at radius 2 is 2.00 bits per heavy atom. The van der Waals surface area contributed by atoms with Crippen molar-refractivity contribution in [3.8, 4) is 5.75 Å². The van der Waals surface area contributed by atoms with E-state index < -0.39 is 5.91 Å². The van der Waals surface area contributed by atoms with E-state index in [2.05, 4.69) is 4.99 Å². The average molecular weight is 343 g/mol. The van der Waals surface area contributed by atoms with Gasteiger partial charge in [-0.05, 0) is 36.8 Å². The largest absolute Gasteiger partial charge is 0.493 e. The van der Waals surface area contributed by atoms with Crippen LogP contribution in [0.15, 0.2) is 51.9 Å². The lowest BCUT2D eigenvalue weighted by atomic mass is 10.1.